The van der Waals surface area contributed by atoms with Gasteiger partial charge in [0.2, 0.25) is 10.9 Å². The Balaban J connectivity index is 1.50. The zero-order valence-electron chi connectivity index (χ0n) is 15.3. The van der Waals surface area contributed by atoms with Crippen LogP contribution in [0.25, 0.3) is 21.8 Å². The monoisotopic (exact) mass is 410 g/mol. The van der Waals surface area contributed by atoms with Crippen LogP contribution in [0.15, 0.2) is 59.1 Å². The van der Waals surface area contributed by atoms with Crippen LogP contribution < -0.4 is 10.1 Å². The highest BCUT2D eigenvalue weighted by Gasteiger charge is 2.18. The molecule has 0 aliphatic carbocycles. The van der Waals surface area contributed by atoms with Gasteiger partial charge in [0.25, 0.3) is 5.91 Å². The van der Waals surface area contributed by atoms with E-state index < -0.39 is 5.91 Å². The summed E-state index contributed by atoms with van der Waals surface area (Å²) in [5, 5.41) is 15.6. The molecule has 0 radical (unpaired) electrons. The first-order chi connectivity index (χ1) is 14.1. The molecular formula is C20H15FN4O3S. The van der Waals surface area contributed by atoms with Gasteiger partial charge in [-0.1, -0.05) is 28.6 Å². The quantitative estimate of drug-likeness (QED) is 0.498. The number of benzene rings is 2. The highest BCUT2D eigenvalue weighted by atomic mass is 32.1. The zero-order valence-corrected chi connectivity index (χ0v) is 16.1. The van der Waals surface area contributed by atoms with E-state index >= 15 is 0 Å². The third-order valence-corrected chi connectivity index (χ3v) is 4.81. The van der Waals surface area contributed by atoms with E-state index in [2.05, 4.69) is 20.7 Å². The largest absolute Gasteiger partial charge is 0.493 e. The molecule has 0 aliphatic heterocycles. The highest BCUT2D eigenvalue weighted by Crippen LogP contribution is 2.33. The molecule has 0 bridgehead atoms. The van der Waals surface area contributed by atoms with E-state index in [1.807, 2.05) is 31.2 Å². The van der Waals surface area contributed by atoms with Crippen LogP contribution in [0.4, 0.5) is 9.52 Å². The van der Waals surface area contributed by atoms with E-state index in [1.54, 1.807) is 12.1 Å². The summed E-state index contributed by atoms with van der Waals surface area (Å²) in [6.45, 7) is 2.43. The maximum Gasteiger partial charge on any atom is 0.296 e. The van der Waals surface area contributed by atoms with Crippen molar-refractivity contribution in [2.75, 3.05) is 11.9 Å². The second kappa shape index (κ2) is 8.19. The molecule has 0 spiro atoms. The Morgan fingerprint density at radius 3 is 2.76 bits per heavy atom. The fraction of sp³-hybridized carbons (Fsp3) is 0.100. The summed E-state index contributed by atoms with van der Waals surface area (Å²) in [5.74, 6) is -0.154. The molecule has 4 aromatic rings. The van der Waals surface area contributed by atoms with Crippen molar-refractivity contribution in [1.82, 2.24) is 15.4 Å². The van der Waals surface area contributed by atoms with E-state index in [1.165, 1.54) is 29.5 Å². The van der Waals surface area contributed by atoms with Crippen molar-refractivity contribution >= 4 is 22.4 Å². The molecule has 7 nitrogen and oxygen atoms in total. The molecule has 2 heterocycles. The van der Waals surface area contributed by atoms with Gasteiger partial charge in [0.05, 0.1) is 12.2 Å². The van der Waals surface area contributed by atoms with Gasteiger partial charge in [-0.25, -0.2) is 4.39 Å². The number of carbonyl (C=O) groups is 1. The number of para-hydroxylation sites is 1. The Morgan fingerprint density at radius 1 is 1.17 bits per heavy atom. The summed E-state index contributed by atoms with van der Waals surface area (Å²) in [4.78, 5) is 12.4. The number of rotatable bonds is 6. The van der Waals surface area contributed by atoms with Crippen molar-refractivity contribution in [3.63, 3.8) is 0 Å². The minimum absolute atomic E-state index is 0.00999. The molecule has 0 saturated carbocycles. The fourth-order valence-electron chi connectivity index (χ4n) is 2.60. The Kier molecular flexibility index (Phi) is 5.30. The first kappa shape index (κ1) is 18.8. The van der Waals surface area contributed by atoms with Crippen molar-refractivity contribution in [2.45, 2.75) is 6.92 Å². The Hall–Kier alpha value is -3.59. The molecule has 9 heteroatoms. The van der Waals surface area contributed by atoms with Gasteiger partial charge in [-0.3, -0.25) is 10.1 Å². The molecule has 0 atom stereocenters. The molecule has 1 N–H and O–H groups in total. The number of ether oxygens (including phenoxy) is 1. The van der Waals surface area contributed by atoms with Crippen LogP contribution in [0.5, 0.6) is 5.75 Å². The van der Waals surface area contributed by atoms with Crippen molar-refractivity contribution in [1.29, 1.82) is 0 Å². The van der Waals surface area contributed by atoms with Gasteiger partial charge in [-0.2, -0.15) is 0 Å². The number of amides is 1. The molecule has 29 heavy (non-hydrogen) atoms. The van der Waals surface area contributed by atoms with Crippen LogP contribution in [-0.2, 0) is 0 Å². The van der Waals surface area contributed by atoms with Gasteiger partial charge >= 0.3 is 0 Å². The predicted octanol–water partition coefficient (Wildman–Crippen LogP) is 4.65. The smallest absolute Gasteiger partial charge is 0.296 e. The molecule has 0 unspecified atom stereocenters. The number of hydrogen-bond acceptors (Lipinski definition) is 7. The van der Waals surface area contributed by atoms with Crippen molar-refractivity contribution < 1.29 is 18.4 Å². The van der Waals surface area contributed by atoms with Gasteiger partial charge < -0.3 is 9.26 Å². The molecule has 4 rings (SSSR count). The van der Waals surface area contributed by atoms with E-state index in [-0.39, 0.29) is 11.6 Å². The number of hydrogen-bond donors (Lipinski definition) is 1. The minimum Gasteiger partial charge on any atom is -0.493 e. The lowest BCUT2D eigenvalue weighted by Crippen LogP contribution is -2.10. The number of nitrogens with one attached hydrogen (secondary N) is 1. The van der Waals surface area contributed by atoms with Crippen molar-refractivity contribution in [3.05, 3.63) is 66.2 Å². The van der Waals surface area contributed by atoms with Crippen molar-refractivity contribution in [3.8, 4) is 27.6 Å². The number of halogens is 1. The van der Waals surface area contributed by atoms with Crippen LogP contribution >= 0.6 is 11.3 Å². The maximum atomic E-state index is 13.0. The second-order valence-electron chi connectivity index (χ2n) is 5.88. The topological polar surface area (TPSA) is 90.1 Å². The molecule has 2 aromatic heterocycles. The summed E-state index contributed by atoms with van der Waals surface area (Å²) >= 11 is 1.22. The summed E-state index contributed by atoms with van der Waals surface area (Å²) in [6, 6.07) is 14.7. The number of nitrogens with zero attached hydrogens (tertiary/aromatic N) is 3. The average molecular weight is 410 g/mol. The third kappa shape index (κ3) is 4.14. The summed E-state index contributed by atoms with van der Waals surface area (Å²) in [6.07, 6.45) is 0. The van der Waals surface area contributed by atoms with Gasteiger partial charge in [0, 0.05) is 11.6 Å². The predicted molar refractivity (Wildman–Crippen MR) is 106 cm³/mol. The van der Waals surface area contributed by atoms with Gasteiger partial charge in [-0.15, -0.1) is 10.2 Å². The van der Waals surface area contributed by atoms with Crippen LogP contribution in [0.1, 0.15) is 17.5 Å². The lowest BCUT2D eigenvalue weighted by Gasteiger charge is -2.06. The SMILES string of the molecule is CCOc1ccccc1-c1nnc(NC(=O)c2cc(-c3ccc(F)cc3)no2)s1. The second-order valence-corrected chi connectivity index (χ2v) is 6.86. The molecule has 2 aromatic carbocycles. The minimum atomic E-state index is -0.508. The number of aromatic nitrogens is 3. The Morgan fingerprint density at radius 2 is 1.97 bits per heavy atom. The Bertz CT molecular complexity index is 1140. The normalized spacial score (nSPS) is 10.7. The number of anilines is 1. The standard InChI is InChI=1S/C20H15FN4O3S/c1-2-27-16-6-4-3-5-14(16)19-23-24-20(29-19)22-18(26)17-11-15(25-28-17)12-7-9-13(21)10-8-12/h3-11H,2H2,1H3,(H,22,24,26). The van der Waals surface area contributed by atoms with Crippen LogP contribution in [0.3, 0.4) is 0 Å². The number of carbonyl (C=O) groups excluding carboxylic acids is 1. The van der Waals surface area contributed by atoms with E-state index in [0.29, 0.717) is 33.8 Å². The molecule has 0 aliphatic rings. The van der Waals surface area contributed by atoms with Crippen molar-refractivity contribution in [2.24, 2.45) is 0 Å². The van der Waals surface area contributed by atoms with Gasteiger partial charge in [-0.05, 0) is 43.3 Å². The van der Waals surface area contributed by atoms with E-state index in [9.17, 15) is 9.18 Å². The van der Waals surface area contributed by atoms with Crippen LogP contribution in [-0.4, -0.2) is 27.9 Å². The maximum absolute atomic E-state index is 13.0. The third-order valence-electron chi connectivity index (χ3n) is 3.94. The van der Waals surface area contributed by atoms with Gasteiger partial charge in [0.15, 0.2) is 5.01 Å². The van der Waals surface area contributed by atoms with Crippen LogP contribution in [0, 0.1) is 5.82 Å². The molecular weight excluding hydrogens is 395 g/mol. The highest BCUT2D eigenvalue weighted by molar-refractivity contribution is 7.18. The van der Waals surface area contributed by atoms with Crippen LogP contribution in [0.2, 0.25) is 0 Å². The fourth-order valence-corrected chi connectivity index (χ4v) is 3.37. The summed E-state index contributed by atoms with van der Waals surface area (Å²) < 4.78 is 23.8. The average Bonchev–Trinajstić information content (AvgIpc) is 3.39. The van der Waals surface area contributed by atoms with E-state index in [4.69, 9.17) is 9.26 Å². The molecule has 0 saturated heterocycles. The summed E-state index contributed by atoms with van der Waals surface area (Å²) in [7, 11) is 0. The Labute approximate surface area is 169 Å². The molecule has 0 fully saturated rings. The lowest BCUT2D eigenvalue weighted by molar-refractivity contribution is 0.0988. The zero-order chi connectivity index (χ0) is 20.2. The molecule has 146 valence electrons. The lowest BCUT2D eigenvalue weighted by atomic mass is 10.1. The first-order valence-corrected chi connectivity index (χ1v) is 9.55. The first-order valence-electron chi connectivity index (χ1n) is 8.73. The van der Waals surface area contributed by atoms with Gasteiger partial charge in [0.1, 0.15) is 17.3 Å². The molecule has 1 amide bonds. The van der Waals surface area contributed by atoms with E-state index in [0.717, 1.165) is 5.56 Å². The summed E-state index contributed by atoms with van der Waals surface area (Å²) in [5.41, 5.74) is 1.87.